The number of urea groups is 1. The summed E-state index contributed by atoms with van der Waals surface area (Å²) in [7, 11) is 1.23. The summed E-state index contributed by atoms with van der Waals surface area (Å²) in [4.78, 5) is 67.6. The highest BCUT2D eigenvalue weighted by Gasteiger charge is 2.44. The first-order valence-corrected chi connectivity index (χ1v) is 21.6. The van der Waals surface area contributed by atoms with Crippen molar-refractivity contribution in [2.24, 2.45) is 10.8 Å². The molecule has 1 saturated heterocycles. The molecule has 338 valence electrons. The van der Waals surface area contributed by atoms with Gasteiger partial charge >= 0.3 is 12.1 Å². The summed E-state index contributed by atoms with van der Waals surface area (Å²) in [5, 5.41) is 31.7. The van der Waals surface area contributed by atoms with Gasteiger partial charge in [0.1, 0.15) is 17.7 Å². The van der Waals surface area contributed by atoms with Gasteiger partial charge in [0, 0.05) is 30.9 Å². The lowest BCUT2D eigenvalue weighted by Gasteiger charge is -2.38. The van der Waals surface area contributed by atoms with Crippen molar-refractivity contribution < 1.29 is 34.1 Å². The Morgan fingerprint density at radius 3 is 2.03 bits per heavy atom. The van der Waals surface area contributed by atoms with Gasteiger partial charge in [-0.25, -0.2) is 9.59 Å². The molecule has 2 aromatic heterocycles. The van der Waals surface area contributed by atoms with E-state index in [9.17, 15) is 29.4 Å². The fourth-order valence-corrected chi connectivity index (χ4v) is 7.92. The Morgan fingerprint density at radius 2 is 1.43 bits per heavy atom. The largest absolute Gasteiger partial charge is 0.453 e. The number of nitrogens with one attached hydrogen (secondary N) is 3. The van der Waals surface area contributed by atoms with Crippen LogP contribution in [0.1, 0.15) is 84.3 Å². The standard InChI is InChI=1S/C49H65N7O7/c1-47(2,3)41(54-45(60)63-9)43(58)53-38(29-33-21-23-34(24-22-33)37-19-13-14-25-50-37)39(57)30-36(28-32-16-11-10-12-17-32)52-44(59)42(48(4,5)6)56-27-26-55(46(56)61)31-35-18-15-20-40(51-35)49(7,8)62/h10-25,36,38-39,41-42,57,62H,26-31H2,1-9H3,(H,52,59)(H,53,58)(H,54,60)/t36-,38-,39-,41?,42?/m0/s1. The number of aliphatic hydroxyl groups excluding tert-OH is 1. The molecule has 0 radical (unpaired) electrons. The minimum Gasteiger partial charge on any atom is -0.453 e. The van der Waals surface area contributed by atoms with E-state index in [0.29, 0.717) is 30.9 Å². The van der Waals surface area contributed by atoms with Crippen LogP contribution in [0.15, 0.2) is 97.2 Å². The van der Waals surface area contributed by atoms with Gasteiger partial charge < -0.3 is 40.7 Å². The fourth-order valence-electron chi connectivity index (χ4n) is 7.92. The third-order valence-electron chi connectivity index (χ3n) is 11.2. The molecule has 2 aromatic carbocycles. The topological polar surface area (TPSA) is 186 Å². The molecule has 0 bridgehead atoms. The molecule has 1 aliphatic heterocycles. The average molecular weight is 864 g/mol. The van der Waals surface area contributed by atoms with Gasteiger partial charge in [-0.2, -0.15) is 0 Å². The Kier molecular flexibility index (Phi) is 15.7. The maximum atomic E-state index is 14.7. The number of ether oxygens (including phenoxy) is 1. The highest BCUT2D eigenvalue weighted by Crippen LogP contribution is 2.30. The molecular formula is C49H65N7O7. The number of rotatable bonds is 17. The molecule has 4 aromatic rings. The molecule has 5 N–H and O–H groups in total. The zero-order chi connectivity index (χ0) is 46.1. The monoisotopic (exact) mass is 863 g/mol. The third-order valence-corrected chi connectivity index (χ3v) is 11.2. The fraction of sp³-hybridized carbons (Fsp3) is 0.469. The van der Waals surface area contributed by atoms with E-state index < -0.39 is 58.7 Å². The minimum atomic E-state index is -1.18. The summed E-state index contributed by atoms with van der Waals surface area (Å²) in [6.07, 6.45) is 0.417. The molecule has 5 atom stereocenters. The molecule has 63 heavy (non-hydrogen) atoms. The van der Waals surface area contributed by atoms with Crippen LogP contribution in [0.4, 0.5) is 9.59 Å². The summed E-state index contributed by atoms with van der Waals surface area (Å²) >= 11 is 0. The number of pyridine rings is 2. The van der Waals surface area contributed by atoms with Gasteiger partial charge in [-0.1, -0.05) is 108 Å². The smallest absolute Gasteiger partial charge is 0.407 e. The number of hydrogen-bond acceptors (Lipinski definition) is 9. The summed E-state index contributed by atoms with van der Waals surface area (Å²) in [6.45, 7) is 15.4. The van der Waals surface area contributed by atoms with Crippen molar-refractivity contribution in [2.45, 2.75) is 117 Å². The number of hydrogen-bond donors (Lipinski definition) is 5. The summed E-state index contributed by atoms with van der Waals surface area (Å²) < 4.78 is 4.84. The van der Waals surface area contributed by atoms with Crippen LogP contribution in [0.5, 0.6) is 0 Å². The predicted molar refractivity (Wildman–Crippen MR) is 242 cm³/mol. The van der Waals surface area contributed by atoms with Crippen LogP contribution in [-0.4, -0.2) is 104 Å². The van der Waals surface area contributed by atoms with E-state index in [-0.39, 0.29) is 31.3 Å². The molecule has 1 fully saturated rings. The molecular weight excluding hydrogens is 799 g/mol. The number of aromatic nitrogens is 2. The van der Waals surface area contributed by atoms with Gasteiger partial charge in [0.15, 0.2) is 0 Å². The zero-order valence-corrected chi connectivity index (χ0v) is 38.1. The maximum absolute atomic E-state index is 14.7. The number of benzene rings is 2. The molecule has 2 unspecified atom stereocenters. The normalized spacial score (nSPS) is 15.8. The van der Waals surface area contributed by atoms with E-state index in [1.54, 1.807) is 42.0 Å². The van der Waals surface area contributed by atoms with Crippen LogP contribution in [0.25, 0.3) is 11.3 Å². The average Bonchev–Trinajstić information content (AvgIpc) is 3.56. The summed E-state index contributed by atoms with van der Waals surface area (Å²) in [5.41, 5.74) is 2.04. The van der Waals surface area contributed by atoms with Gasteiger partial charge in [-0.3, -0.25) is 19.6 Å². The number of carbonyl (C=O) groups excluding carboxylic acids is 4. The number of aliphatic hydroxyl groups is 2. The molecule has 0 saturated carbocycles. The molecule has 1 aliphatic rings. The predicted octanol–water partition coefficient (Wildman–Crippen LogP) is 6.00. The van der Waals surface area contributed by atoms with Gasteiger partial charge in [0.2, 0.25) is 11.8 Å². The van der Waals surface area contributed by atoms with Crippen molar-refractivity contribution in [3.63, 3.8) is 0 Å². The molecule has 14 heteroatoms. The van der Waals surface area contributed by atoms with Crippen molar-refractivity contribution in [2.75, 3.05) is 20.2 Å². The van der Waals surface area contributed by atoms with Crippen LogP contribution in [0.3, 0.4) is 0 Å². The van der Waals surface area contributed by atoms with E-state index in [2.05, 4.69) is 25.9 Å². The van der Waals surface area contributed by atoms with E-state index in [1.165, 1.54) is 7.11 Å². The van der Waals surface area contributed by atoms with E-state index in [4.69, 9.17) is 4.74 Å². The highest BCUT2D eigenvalue weighted by molar-refractivity contribution is 5.89. The molecule has 0 aliphatic carbocycles. The Labute approximate surface area is 371 Å². The second kappa shape index (κ2) is 20.5. The Morgan fingerprint density at radius 1 is 0.762 bits per heavy atom. The van der Waals surface area contributed by atoms with Crippen molar-refractivity contribution in [1.29, 1.82) is 0 Å². The Hall–Kier alpha value is -5.86. The lowest BCUT2D eigenvalue weighted by molar-refractivity contribution is -0.130. The molecule has 0 spiro atoms. The summed E-state index contributed by atoms with van der Waals surface area (Å²) in [6, 6.07) is 24.7. The van der Waals surface area contributed by atoms with Gasteiger partial charge in [-0.05, 0) is 79.3 Å². The number of methoxy groups -OCH3 is 1. The maximum Gasteiger partial charge on any atom is 0.407 e. The second-order valence-corrected chi connectivity index (χ2v) is 19.1. The highest BCUT2D eigenvalue weighted by atomic mass is 16.5. The first-order valence-electron chi connectivity index (χ1n) is 21.6. The van der Waals surface area contributed by atoms with Crippen molar-refractivity contribution in [1.82, 2.24) is 35.7 Å². The second-order valence-electron chi connectivity index (χ2n) is 19.1. The number of nitrogens with zero attached hydrogens (tertiary/aromatic N) is 4. The SMILES string of the molecule is COC(=O)NC(C(=O)N[C@@H](Cc1ccc(-c2ccccn2)cc1)[C@@H](O)C[C@H](Cc1ccccc1)NC(=O)C(N1CCN(Cc2cccc(C(C)(C)O)n2)C1=O)C(C)(C)C)C(C)(C)C. The van der Waals surface area contributed by atoms with Gasteiger partial charge in [0.05, 0.1) is 42.9 Å². The van der Waals surface area contributed by atoms with Crippen molar-refractivity contribution in [3.05, 3.63) is 120 Å². The number of amides is 5. The van der Waals surface area contributed by atoms with Crippen LogP contribution in [0.2, 0.25) is 0 Å². The van der Waals surface area contributed by atoms with Crippen LogP contribution in [-0.2, 0) is 39.3 Å². The Balaban J connectivity index is 1.41. The van der Waals surface area contributed by atoms with Crippen molar-refractivity contribution in [3.8, 4) is 11.3 Å². The lowest BCUT2D eigenvalue weighted by atomic mass is 9.84. The molecule has 5 amide bonds. The first kappa shape index (κ1) is 48.2. The molecule has 14 nitrogen and oxygen atoms in total. The quantitative estimate of drug-likeness (QED) is 0.0850. The Bertz CT molecular complexity index is 2150. The van der Waals surface area contributed by atoms with E-state index in [0.717, 1.165) is 22.4 Å². The summed E-state index contributed by atoms with van der Waals surface area (Å²) in [5.74, 6) is -0.869. The molecule has 3 heterocycles. The van der Waals surface area contributed by atoms with E-state index >= 15 is 0 Å². The lowest BCUT2D eigenvalue weighted by Crippen LogP contribution is -2.59. The first-order chi connectivity index (χ1) is 29.6. The zero-order valence-electron chi connectivity index (χ0n) is 38.1. The van der Waals surface area contributed by atoms with Gasteiger partial charge in [-0.15, -0.1) is 0 Å². The molecule has 5 rings (SSSR count). The minimum absolute atomic E-state index is 0.0440. The number of alkyl carbamates (subject to hydrolysis) is 1. The number of carbonyl (C=O) groups is 4. The third kappa shape index (κ3) is 13.3. The van der Waals surface area contributed by atoms with Crippen LogP contribution < -0.4 is 16.0 Å². The van der Waals surface area contributed by atoms with Crippen LogP contribution >= 0.6 is 0 Å². The van der Waals surface area contributed by atoms with E-state index in [1.807, 2.05) is 120 Å². The van der Waals surface area contributed by atoms with Gasteiger partial charge in [0.25, 0.3) is 0 Å². The van der Waals surface area contributed by atoms with Crippen LogP contribution in [0, 0.1) is 10.8 Å². The van der Waals surface area contributed by atoms with Crippen molar-refractivity contribution >= 4 is 23.9 Å².